The first-order valence-electron chi connectivity index (χ1n) is 6.79. The molecule has 1 aromatic heterocycles. The molecule has 11 nitrogen and oxygen atoms in total. The lowest BCUT2D eigenvalue weighted by Gasteiger charge is -2.10. The summed E-state index contributed by atoms with van der Waals surface area (Å²) in [7, 11) is -3.95. The number of aromatic nitrogens is 4. The van der Waals surface area contributed by atoms with Gasteiger partial charge in [-0.15, -0.1) is 10.2 Å². The predicted octanol–water partition coefficient (Wildman–Crippen LogP) is -0.0723. The van der Waals surface area contributed by atoms with E-state index in [1.54, 1.807) is 0 Å². The minimum absolute atomic E-state index is 0.0891. The van der Waals surface area contributed by atoms with Gasteiger partial charge in [-0.05, 0) is 36.4 Å². The lowest BCUT2D eigenvalue weighted by atomic mass is 10.3. The lowest BCUT2D eigenvalue weighted by molar-refractivity contribution is -0.138. The van der Waals surface area contributed by atoms with Gasteiger partial charge >= 0.3 is 5.97 Å². The molecule has 0 fully saturated rings. The zero-order valence-electron chi connectivity index (χ0n) is 12.8. The van der Waals surface area contributed by atoms with Crippen molar-refractivity contribution in [3.05, 3.63) is 36.3 Å². The molecule has 25 heavy (non-hydrogen) atoms. The van der Waals surface area contributed by atoms with Crippen LogP contribution < -0.4 is 10.0 Å². The van der Waals surface area contributed by atoms with Crippen molar-refractivity contribution in [3.63, 3.8) is 0 Å². The number of carboxylic acid groups (broad SMARTS) is 1. The molecule has 0 amide bonds. The summed E-state index contributed by atoms with van der Waals surface area (Å²) in [5, 5.41) is 33.5. The minimum Gasteiger partial charge on any atom is -0.480 e. The molecule has 1 unspecified atom stereocenters. The fourth-order valence-corrected chi connectivity index (χ4v) is 2.86. The van der Waals surface area contributed by atoms with Gasteiger partial charge in [0.25, 0.3) is 0 Å². The van der Waals surface area contributed by atoms with Crippen LogP contribution in [0.2, 0.25) is 0 Å². The normalized spacial score (nSPS) is 13.0. The number of hydrogen-bond donors (Lipinski definition) is 4. The highest BCUT2D eigenvalue weighted by Gasteiger charge is 2.21. The number of rotatable bonds is 7. The summed E-state index contributed by atoms with van der Waals surface area (Å²) < 4.78 is 26.1. The summed E-state index contributed by atoms with van der Waals surface area (Å²) in [5.41, 5.74) is 0.629. The van der Waals surface area contributed by atoms with Crippen molar-refractivity contribution in [2.45, 2.75) is 17.9 Å². The number of hydrogen-bond acceptors (Lipinski definition) is 8. The first-order chi connectivity index (χ1) is 11.8. The van der Waals surface area contributed by atoms with Crippen LogP contribution in [0.1, 0.15) is 12.7 Å². The number of sulfonamides is 1. The number of anilines is 1. The van der Waals surface area contributed by atoms with Gasteiger partial charge in [0.2, 0.25) is 15.8 Å². The van der Waals surface area contributed by atoms with Crippen molar-refractivity contribution in [2.75, 3.05) is 5.32 Å². The Balaban J connectivity index is 2.12. The van der Waals surface area contributed by atoms with Crippen LogP contribution in [0.4, 0.5) is 5.69 Å². The third kappa shape index (κ3) is 4.59. The van der Waals surface area contributed by atoms with Crippen molar-refractivity contribution in [2.24, 2.45) is 0 Å². The number of nitrogens with one attached hydrogen (secondary N) is 3. The van der Waals surface area contributed by atoms with E-state index in [4.69, 9.17) is 10.4 Å². The van der Waals surface area contributed by atoms with E-state index in [1.807, 2.05) is 10.8 Å². The van der Waals surface area contributed by atoms with Gasteiger partial charge in [0, 0.05) is 11.9 Å². The van der Waals surface area contributed by atoms with E-state index in [-0.39, 0.29) is 16.3 Å². The molecule has 0 aliphatic rings. The Kier molecular flexibility index (Phi) is 5.42. The molecular formula is C13H13N7O4S. The molecule has 0 saturated carbocycles. The van der Waals surface area contributed by atoms with E-state index in [9.17, 15) is 13.2 Å². The van der Waals surface area contributed by atoms with Crippen LogP contribution in [-0.4, -0.2) is 46.2 Å². The second kappa shape index (κ2) is 7.51. The van der Waals surface area contributed by atoms with Gasteiger partial charge in [-0.25, -0.2) is 8.42 Å². The van der Waals surface area contributed by atoms with Crippen LogP contribution in [-0.2, 0) is 14.8 Å². The first-order valence-corrected chi connectivity index (χ1v) is 8.27. The molecule has 0 bridgehead atoms. The van der Waals surface area contributed by atoms with E-state index >= 15 is 0 Å². The zero-order chi connectivity index (χ0) is 18.4. The van der Waals surface area contributed by atoms with Gasteiger partial charge in [0.05, 0.1) is 4.90 Å². The number of aliphatic carboxylic acids is 1. The van der Waals surface area contributed by atoms with Gasteiger partial charge in [-0.1, -0.05) is 0 Å². The molecule has 0 radical (unpaired) electrons. The van der Waals surface area contributed by atoms with Crippen LogP contribution >= 0.6 is 0 Å². The number of benzene rings is 1. The van der Waals surface area contributed by atoms with Crippen molar-refractivity contribution in [3.8, 4) is 6.07 Å². The Morgan fingerprint density at radius 1 is 1.40 bits per heavy atom. The number of aromatic amines is 1. The smallest absolute Gasteiger partial charge is 0.321 e. The van der Waals surface area contributed by atoms with E-state index in [1.165, 1.54) is 37.4 Å². The third-order valence-corrected chi connectivity index (χ3v) is 4.51. The fourth-order valence-electron chi connectivity index (χ4n) is 1.66. The number of nitrogens with zero attached hydrogens (tertiary/aromatic N) is 4. The number of allylic oxidation sites excluding steroid dienone is 1. The van der Waals surface area contributed by atoms with Crippen molar-refractivity contribution in [1.82, 2.24) is 25.3 Å². The van der Waals surface area contributed by atoms with Gasteiger partial charge in [0.1, 0.15) is 17.7 Å². The predicted molar refractivity (Wildman–Crippen MR) is 85.3 cm³/mol. The average Bonchev–Trinajstić information content (AvgIpc) is 3.10. The maximum Gasteiger partial charge on any atom is 0.321 e. The molecule has 0 saturated heterocycles. The van der Waals surface area contributed by atoms with E-state index < -0.39 is 22.0 Å². The van der Waals surface area contributed by atoms with Crippen LogP contribution in [0.15, 0.2) is 35.4 Å². The number of tetrazole rings is 1. The molecule has 12 heteroatoms. The highest BCUT2D eigenvalue weighted by Crippen LogP contribution is 2.15. The molecule has 0 aliphatic carbocycles. The summed E-state index contributed by atoms with van der Waals surface area (Å²) in [5.74, 6) is -1.17. The molecule has 0 spiro atoms. The molecule has 4 N–H and O–H groups in total. The average molecular weight is 363 g/mol. The summed E-state index contributed by atoms with van der Waals surface area (Å²) >= 11 is 0. The quantitative estimate of drug-likeness (QED) is 0.491. The molecule has 1 heterocycles. The number of H-pyrrole nitrogens is 1. The van der Waals surface area contributed by atoms with E-state index in [0.717, 1.165) is 0 Å². The fraction of sp³-hybridized carbons (Fsp3) is 0.154. The molecule has 1 aromatic carbocycles. The second-order valence-corrected chi connectivity index (χ2v) is 6.47. The van der Waals surface area contributed by atoms with Crippen molar-refractivity contribution in [1.29, 1.82) is 5.26 Å². The Morgan fingerprint density at radius 2 is 2.08 bits per heavy atom. The summed E-state index contributed by atoms with van der Waals surface area (Å²) in [6, 6.07) is 6.16. The minimum atomic E-state index is -3.95. The zero-order valence-corrected chi connectivity index (χ0v) is 13.6. The van der Waals surface area contributed by atoms with Crippen LogP contribution in [0.3, 0.4) is 0 Å². The Morgan fingerprint density at radius 3 is 2.60 bits per heavy atom. The topological polar surface area (TPSA) is 174 Å². The maximum absolute atomic E-state index is 12.0. The summed E-state index contributed by atoms with van der Waals surface area (Å²) in [4.78, 5) is 10.7. The Labute approximate surface area is 142 Å². The molecule has 2 rings (SSSR count). The summed E-state index contributed by atoms with van der Waals surface area (Å²) in [6.07, 6.45) is 1.35. The largest absolute Gasteiger partial charge is 0.480 e. The first kappa shape index (κ1) is 18.0. The lowest BCUT2D eigenvalue weighted by Crippen LogP contribution is -2.38. The number of nitriles is 1. The summed E-state index contributed by atoms with van der Waals surface area (Å²) in [6.45, 7) is 1.22. The van der Waals surface area contributed by atoms with E-state index in [2.05, 4.69) is 25.9 Å². The SMILES string of the molecule is CC(NS(=O)(=O)c1ccc(NC=C(C#N)c2nn[nH]n2)cc1)C(=O)O. The number of carboxylic acids is 1. The maximum atomic E-state index is 12.0. The Bertz CT molecular complexity index is 914. The van der Waals surface area contributed by atoms with Crippen LogP contribution in [0, 0.1) is 11.3 Å². The van der Waals surface area contributed by atoms with Crippen LogP contribution in [0.25, 0.3) is 5.57 Å². The standard InChI is InChI=1S/C13H13N7O4S/c1-8(13(21)22)18-25(23,24)11-4-2-10(3-5-11)15-7-9(6-14)12-16-19-20-17-12/h2-5,7-8,15,18H,1H3,(H,21,22)(H,16,17,19,20). The van der Waals surface area contributed by atoms with Crippen molar-refractivity contribution >= 4 is 27.3 Å². The van der Waals surface area contributed by atoms with Crippen LogP contribution in [0.5, 0.6) is 0 Å². The molecule has 0 aliphatic heterocycles. The van der Waals surface area contributed by atoms with Gasteiger partial charge in [0.15, 0.2) is 0 Å². The second-order valence-electron chi connectivity index (χ2n) is 4.76. The third-order valence-electron chi connectivity index (χ3n) is 2.96. The highest BCUT2D eigenvalue weighted by atomic mass is 32.2. The molecule has 2 aromatic rings. The number of carbonyl (C=O) groups is 1. The van der Waals surface area contributed by atoms with Gasteiger partial charge < -0.3 is 10.4 Å². The highest BCUT2D eigenvalue weighted by molar-refractivity contribution is 7.89. The Hall–Kier alpha value is -3.30. The van der Waals surface area contributed by atoms with Crippen molar-refractivity contribution < 1.29 is 18.3 Å². The molecule has 130 valence electrons. The molecular weight excluding hydrogens is 350 g/mol. The van der Waals surface area contributed by atoms with Gasteiger partial charge in [-0.3, -0.25) is 4.79 Å². The van der Waals surface area contributed by atoms with Gasteiger partial charge in [-0.2, -0.15) is 15.2 Å². The monoisotopic (exact) mass is 363 g/mol. The molecule has 1 atom stereocenters. The van der Waals surface area contributed by atoms with E-state index in [0.29, 0.717) is 5.69 Å².